The normalized spacial score (nSPS) is 9.57. The summed E-state index contributed by atoms with van der Waals surface area (Å²) in [5.41, 5.74) is 1.01. The van der Waals surface area contributed by atoms with E-state index in [0.29, 0.717) is 0 Å². The second-order valence-corrected chi connectivity index (χ2v) is 5.04. The zero-order valence-corrected chi connectivity index (χ0v) is 9.43. The number of nitrogens with zero attached hydrogens (tertiary/aromatic N) is 1. The van der Waals surface area contributed by atoms with Gasteiger partial charge in [-0.25, -0.2) is 8.42 Å². The molecule has 0 aliphatic carbocycles. The fourth-order valence-electron chi connectivity index (χ4n) is 0.701. The summed E-state index contributed by atoms with van der Waals surface area (Å²) in [6.45, 7) is 3.31. The number of halogens is 1. The minimum Gasteiger partial charge on any atom is -0.207 e. The highest BCUT2D eigenvalue weighted by Crippen LogP contribution is 2.14. The number of hydrogen-bond donors (Lipinski definition) is 0. The molecule has 0 radical (unpaired) electrons. The first-order valence-electron chi connectivity index (χ1n) is 3.74. The van der Waals surface area contributed by atoms with Gasteiger partial charge in [-0.15, -0.1) is 0 Å². The predicted octanol–water partition coefficient (Wildman–Crippen LogP) is 2.45. The third-order valence-corrected chi connectivity index (χ3v) is 2.67. The molecule has 0 saturated heterocycles. The first-order chi connectivity index (χ1) is 6.41. The van der Waals surface area contributed by atoms with Gasteiger partial charge in [0, 0.05) is 17.6 Å². The first-order valence-corrected chi connectivity index (χ1v) is 6.05. The van der Waals surface area contributed by atoms with E-state index in [4.69, 9.17) is 15.9 Å². The number of aryl methyl sites for hydroxylation is 1. The highest BCUT2D eigenvalue weighted by Gasteiger charge is 2.07. The lowest BCUT2D eigenvalue weighted by Crippen LogP contribution is -1.89. The summed E-state index contributed by atoms with van der Waals surface area (Å²) in [5, 5.41) is 7.32. The molecule has 14 heavy (non-hydrogen) atoms. The molecule has 0 fully saturated rings. The van der Waals surface area contributed by atoms with Crippen molar-refractivity contribution in [2.75, 3.05) is 0 Å². The van der Waals surface area contributed by atoms with Crippen LogP contribution in [0.25, 0.3) is 0 Å². The quantitative estimate of drug-likeness (QED) is 0.698. The minimum absolute atomic E-state index is 0.143. The fraction of sp³-hybridized carbons (Fsp3) is 0.222. The highest BCUT2D eigenvalue weighted by atomic mass is 35.7. The van der Waals surface area contributed by atoms with Crippen molar-refractivity contribution in [1.82, 2.24) is 0 Å². The van der Waals surface area contributed by atoms with Gasteiger partial charge in [-0.2, -0.15) is 5.26 Å². The predicted molar refractivity (Wildman–Crippen MR) is 55.5 cm³/mol. The summed E-state index contributed by atoms with van der Waals surface area (Å²) in [5.74, 6) is 0. The van der Waals surface area contributed by atoms with Crippen molar-refractivity contribution in [3.05, 3.63) is 29.8 Å². The van der Waals surface area contributed by atoms with Crippen molar-refractivity contribution < 1.29 is 8.42 Å². The third-order valence-electron chi connectivity index (χ3n) is 1.30. The standard InChI is InChI=1S/C7H7ClO2S.C2H3N/c1-6-2-4-7(5-3-6)11(8,9)10;1-2-3/h2-5H,1H3;1H3. The van der Waals surface area contributed by atoms with Crippen molar-refractivity contribution in [2.24, 2.45) is 0 Å². The molecule has 1 rings (SSSR count). The van der Waals surface area contributed by atoms with E-state index in [1.807, 2.05) is 6.92 Å². The Hall–Kier alpha value is -1.05. The topological polar surface area (TPSA) is 57.9 Å². The molecule has 1 aromatic carbocycles. The van der Waals surface area contributed by atoms with Crippen LogP contribution < -0.4 is 0 Å². The van der Waals surface area contributed by atoms with Gasteiger partial charge in [0.05, 0.1) is 11.0 Å². The number of hydrogen-bond acceptors (Lipinski definition) is 3. The second-order valence-electron chi connectivity index (χ2n) is 2.47. The molecule has 0 heterocycles. The molecule has 0 atom stereocenters. The van der Waals surface area contributed by atoms with Crippen LogP contribution in [0.4, 0.5) is 0 Å². The van der Waals surface area contributed by atoms with E-state index in [2.05, 4.69) is 0 Å². The van der Waals surface area contributed by atoms with Gasteiger partial charge < -0.3 is 0 Å². The van der Waals surface area contributed by atoms with Gasteiger partial charge in [0.15, 0.2) is 0 Å². The minimum atomic E-state index is -3.55. The third kappa shape index (κ3) is 4.85. The Balaban J connectivity index is 0.000000500. The molecule has 0 aromatic heterocycles. The maximum atomic E-state index is 10.7. The fourth-order valence-corrected chi connectivity index (χ4v) is 1.47. The average molecular weight is 232 g/mol. The summed E-state index contributed by atoms with van der Waals surface area (Å²) < 4.78 is 21.4. The van der Waals surface area contributed by atoms with Crippen molar-refractivity contribution in [1.29, 1.82) is 5.26 Å². The van der Waals surface area contributed by atoms with Gasteiger partial charge in [-0.1, -0.05) is 17.7 Å². The van der Waals surface area contributed by atoms with E-state index in [0.717, 1.165) is 5.56 Å². The summed E-state index contributed by atoms with van der Waals surface area (Å²) in [6.07, 6.45) is 0. The number of rotatable bonds is 1. The SMILES string of the molecule is CC#N.Cc1ccc(S(=O)(=O)Cl)cc1. The molecule has 0 amide bonds. The summed E-state index contributed by atoms with van der Waals surface area (Å²) in [7, 11) is 1.54. The van der Waals surface area contributed by atoms with Gasteiger partial charge in [0.2, 0.25) is 0 Å². The summed E-state index contributed by atoms with van der Waals surface area (Å²) >= 11 is 0. The van der Waals surface area contributed by atoms with Crippen LogP contribution in [0.2, 0.25) is 0 Å². The molecule has 0 aliphatic rings. The van der Waals surface area contributed by atoms with Crippen LogP contribution in [0.3, 0.4) is 0 Å². The van der Waals surface area contributed by atoms with Crippen LogP contribution in [0.5, 0.6) is 0 Å². The molecular weight excluding hydrogens is 222 g/mol. The smallest absolute Gasteiger partial charge is 0.207 e. The van der Waals surface area contributed by atoms with Crippen LogP contribution in [-0.2, 0) is 9.05 Å². The Kier molecular flexibility index (Phi) is 5.21. The van der Waals surface area contributed by atoms with E-state index >= 15 is 0 Å². The van der Waals surface area contributed by atoms with Crippen LogP contribution in [0.15, 0.2) is 29.2 Å². The summed E-state index contributed by atoms with van der Waals surface area (Å²) in [6, 6.07) is 8.12. The van der Waals surface area contributed by atoms with E-state index < -0.39 is 9.05 Å². The highest BCUT2D eigenvalue weighted by molar-refractivity contribution is 8.13. The average Bonchev–Trinajstić information content (AvgIpc) is 2.04. The molecular formula is C9H10ClNO2S. The molecule has 76 valence electrons. The molecule has 3 nitrogen and oxygen atoms in total. The molecule has 0 bridgehead atoms. The van der Waals surface area contributed by atoms with E-state index in [-0.39, 0.29) is 4.90 Å². The second kappa shape index (κ2) is 5.63. The Morgan fingerprint density at radius 2 is 1.64 bits per heavy atom. The van der Waals surface area contributed by atoms with Crippen molar-refractivity contribution >= 4 is 19.7 Å². The molecule has 1 aromatic rings. The molecule has 0 N–H and O–H groups in total. The lowest BCUT2D eigenvalue weighted by molar-refractivity contribution is 0.609. The molecule has 5 heteroatoms. The Morgan fingerprint density at radius 1 is 1.29 bits per heavy atom. The lowest BCUT2D eigenvalue weighted by atomic mass is 10.2. The molecule has 0 spiro atoms. The van der Waals surface area contributed by atoms with Gasteiger partial charge >= 0.3 is 0 Å². The van der Waals surface area contributed by atoms with Gasteiger partial charge in [0.1, 0.15) is 0 Å². The number of benzene rings is 1. The van der Waals surface area contributed by atoms with Crippen LogP contribution in [0, 0.1) is 18.3 Å². The van der Waals surface area contributed by atoms with Gasteiger partial charge in [-0.05, 0) is 19.1 Å². The number of nitriles is 1. The van der Waals surface area contributed by atoms with Crippen LogP contribution in [0.1, 0.15) is 12.5 Å². The summed E-state index contributed by atoms with van der Waals surface area (Å²) in [4.78, 5) is 0.143. The van der Waals surface area contributed by atoms with E-state index in [1.54, 1.807) is 18.2 Å². The van der Waals surface area contributed by atoms with Gasteiger partial charge in [-0.3, -0.25) is 0 Å². The zero-order chi connectivity index (χ0) is 11.2. The van der Waals surface area contributed by atoms with Crippen LogP contribution in [-0.4, -0.2) is 8.42 Å². The van der Waals surface area contributed by atoms with E-state index in [1.165, 1.54) is 19.1 Å². The zero-order valence-electron chi connectivity index (χ0n) is 7.86. The monoisotopic (exact) mass is 231 g/mol. The van der Waals surface area contributed by atoms with E-state index in [9.17, 15) is 8.42 Å². The van der Waals surface area contributed by atoms with Crippen LogP contribution >= 0.6 is 10.7 Å². The van der Waals surface area contributed by atoms with Crippen molar-refractivity contribution in [3.8, 4) is 6.07 Å². The Labute approximate surface area is 88.4 Å². The Morgan fingerprint density at radius 3 is 1.93 bits per heavy atom. The van der Waals surface area contributed by atoms with Gasteiger partial charge in [0.25, 0.3) is 9.05 Å². The largest absolute Gasteiger partial charge is 0.261 e. The molecule has 0 unspecified atom stereocenters. The maximum absolute atomic E-state index is 10.7. The maximum Gasteiger partial charge on any atom is 0.261 e. The van der Waals surface area contributed by atoms with Crippen molar-refractivity contribution in [3.63, 3.8) is 0 Å². The van der Waals surface area contributed by atoms with Crippen molar-refractivity contribution in [2.45, 2.75) is 18.7 Å². The molecule has 0 aliphatic heterocycles. The first kappa shape index (κ1) is 12.9. The molecule has 0 saturated carbocycles. The Bertz CT molecular complexity index is 417. The lowest BCUT2D eigenvalue weighted by Gasteiger charge is -1.94.